The van der Waals surface area contributed by atoms with Gasteiger partial charge in [-0.3, -0.25) is 14.9 Å². The van der Waals surface area contributed by atoms with Crippen LogP contribution in [-0.2, 0) is 4.74 Å². The van der Waals surface area contributed by atoms with Crippen LogP contribution in [0.15, 0.2) is 60.9 Å². The number of likely N-dealkylation sites (tertiary alicyclic amines) is 1. The topological polar surface area (TPSA) is 179 Å². The lowest BCUT2D eigenvalue weighted by atomic mass is 9.76. The van der Waals surface area contributed by atoms with Crippen molar-refractivity contribution in [1.82, 2.24) is 39.7 Å². The highest BCUT2D eigenvalue weighted by Gasteiger charge is 2.50. The molecule has 8 unspecified atom stereocenters. The van der Waals surface area contributed by atoms with Crippen LogP contribution in [0.4, 0.5) is 33.6 Å². The number of nitrogens with zero attached hydrogens (tertiary/aromatic N) is 10. The van der Waals surface area contributed by atoms with Crippen molar-refractivity contribution >= 4 is 55.0 Å². The number of hydrogen-bond donors (Lipinski definition) is 3. The predicted molar refractivity (Wildman–Crippen MR) is 332 cm³/mol. The van der Waals surface area contributed by atoms with Gasteiger partial charge in [0, 0.05) is 96.9 Å². The molecular formula is C69H69F5N10O6. The highest BCUT2D eigenvalue weighted by molar-refractivity contribution is 6.04. The summed E-state index contributed by atoms with van der Waals surface area (Å²) in [5.41, 5.74) is -0.522. The molecule has 21 heteroatoms. The smallest absolute Gasteiger partial charge is 0.319 e. The molecule has 7 fully saturated rings. The number of benzene rings is 4. The van der Waals surface area contributed by atoms with Gasteiger partial charge in [-0.05, 0) is 138 Å². The molecule has 7 aliphatic rings. The largest absolute Gasteiger partial charge is 0.508 e. The summed E-state index contributed by atoms with van der Waals surface area (Å²) in [4.78, 5) is 36.5. The first-order chi connectivity index (χ1) is 43.5. The molecule has 0 spiro atoms. The zero-order valence-electron chi connectivity index (χ0n) is 50.2. The maximum atomic E-state index is 16.9. The molecule has 8 aromatic rings. The number of rotatable bonds is 10. The van der Waals surface area contributed by atoms with Crippen molar-refractivity contribution in [3.05, 3.63) is 95.3 Å². The highest BCUT2D eigenvalue weighted by Crippen LogP contribution is 2.49. The number of phenolic OH excluding ortho intramolecular Hbond substituents is 2. The van der Waals surface area contributed by atoms with E-state index in [2.05, 4.69) is 53.5 Å². The molecule has 466 valence electrons. The van der Waals surface area contributed by atoms with Crippen LogP contribution in [0.3, 0.4) is 0 Å². The zero-order valence-corrected chi connectivity index (χ0v) is 50.2. The molecule has 5 saturated heterocycles. The van der Waals surface area contributed by atoms with Crippen LogP contribution in [0.2, 0.25) is 0 Å². The molecule has 8 atom stereocenters. The standard InChI is InChI=1S/C36H37F2N5O3.C33H32F3N5O3/c1-3-24-27(37)8-7-21-14-23(44)15-25(30(21)24)32-31(38)33-26(16-39-32)34(43-17-20-12-22(18-43)28(45)13-20)41-35(40-33)46-19-36-9-4-6-29(36)42(2)11-5-10-36;1-3-23-26(35)6-5-20-13-22(42)14-24(27(20)23)29-28(36)30-25(16-37-29)31(41-10-12-43-11-7-19(41)2)39-32(38-30)44-18-33-8-4-9-40(33)17-21(34)15-33/h1,7-8,14-16,20,22,28-29,44-45H,4-6,9-13,17-19H2,2H3;1,5-6,13-14,16,19,21,42H,4,7-12,15,17-18H2,2H3. The minimum absolute atomic E-state index is 0.00203. The molecule has 4 aromatic carbocycles. The zero-order chi connectivity index (χ0) is 62.3. The summed E-state index contributed by atoms with van der Waals surface area (Å²) in [5, 5.41) is 33.9. The first-order valence-electron chi connectivity index (χ1n) is 31.2. The Hall–Kier alpha value is -8.21. The van der Waals surface area contributed by atoms with E-state index in [1.807, 2.05) is 11.8 Å². The molecule has 9 heterocycles. The number of halogens is 5. The Balaban J connectivity index is 0.000000157. The van der Waals surface area contributed by atoms with E-state index in [9.17, 15) is 28.5 Å². The fourth-order valence-electron chi connectivity index (χ4n) is 16.2. The Kier molecular flexibility index (Phi) is 15.5. The van der Waals surface area contributed by atoms with Crippen molar-refractivity contribution < 1.29 is 51.5 Å². The maximum Gasteiger partial charge on any atom is 0.319 e. The summed E-state index contributed by atoms with van der Waals surface area (Å²) < 4.78 is 96.0. The van der Waals surface area contributed by atoms with Crippen molar-refractivity contribution in [3.8, 4) is 70.7 Å². The van der Waals surface area contributed by atoms with Crippen LogP contribution in [0.5, 0.6) is 23.5 Å². The predicted octanol–water partition coefficient (Wildman–Crippen LogP) is 11.0. The van der Waals surface area contributed by atoms with E-state index in [1.54, 1.807) is 0 Å². The second kappa shape index (κ2) is 23.5. The lowest BCUT2D eigenvalue weighted by Crippen LogP contribution is -2.50. The fraction of sp³-hybridized carbons (Fsp3) is 0.449. The van der Waals surface area contributed by atoms with Crippen molar-refractivity contribution in [2.75, 3.05) is 82.5 Å². The molecule has 2 saturated carbocycles. The second-order valence-electron chi connectivity index (χ2n) is 25.9. The minimum Gasteiger partial charge on any atom is -0.508 e. The number of aromatic nitrogens is 6. The molecule has 90 heavy (non-hydrogen) atoms. The Labute approximate surface area is 517 Å². The summed E-state index contributed by atoms with van der Waals surface area (Å²) in [7, 11) is 2.18. The molecule has 0 amide bonds. The van der Waals surface area contributed by atoms with Gasteiger partial charge in [-0.2, -0.15) is 19.9 Å². The summed E-state index contributed by atoms with van der Waals surface area (Å²) >= 11 is 0. The minimum atomic E-state index is -0.925. The van der Waals surface area contributed by atoms with E-state index in [0.717, 1.165) is 77.3 Å². The van der Waals surface area contributed by atoms with Crippen LogP contribution in [0.25, 0.3) is 65.9 Å². The van der Waals surface area contributed by atoms with E-state index in [-0.39, 0.29) is 109 Å². The van der Waals surface area contributed by atoms with E-state index < -0.39 is 35.0 Å². The number of terminal acetylenes is 2. The second-order valence-corrected chi connectivity index (χ2v) is 25.9. The number of pyridine rings is 2. The molecule has 16 nitrogen and oxygen atoms in total. The van der Waals surface area contributed by atoms with Gasteiger partial charge in [0.2, 0.25) is 0 Å². The molecule has 15 rings (SSSR count). The van der Waals surface area contributed by atoms with Crippen molar-refractivity contribution in [2.24, 2.45) is 17.3 Å². The fourth-order valence-corrected chi connectivity index (χ4v) is 16.2. The van der Waals surface area contributed by atoms with Gasteiger partial charge in [0.1, 0.15) is 70.0 Å². The van der Waals surface area contributed by atoms with Gasteiger partial charge in [-0.15, -0.1) is 12.8 Å². The highest BCUT2D eigenvalue weighted by atomic mass is 19.1. The number of alkyl halides is 1. The number of aromatic hydroxyl groups is 2. The Morgan fingerprint density at radius 3 is 1.96 bits per heavy atom. The molecular weight excluding hydrogens is 1160 g/mol. The number of aliphatic hydroxyl groups excluding tert-OH is 1. The molecule has 5 aliphatic heterocycles. The van der Waals surface area contributed by atoms with Gasteiger partial charge >= 0.3 is 12.0 Å². The van der Waals surface area contributed by atoms with Gasteiger partial charge in [-0.25, -0.2) is 22.0 Å². The number of ether oxygens (including phenoxy) is 3. The van der Waals surface area contributed by atoms with Crippen LogP contribution in [0.1, 0.15) is 88.7 Å². The van der Waals surface area contributed by atoms with Crippen molar-refractivity contribution in [2.45, 2.75) is 107 Å². The Bertz CT molecular complexity index is 4260. The van der Waals surface area contributed by atoms with Gasteiger partial charge in [-0.1, -0.05) is 30.4 Å². The Morgan fingerprint density at radius 1 is 0.700 bits per heavy atom. The van der Waals surface area contributed by atoms with Gasteiger partial charge < -0.3 is 44.2 Å². The molecule has 3 N–H and O–H groups in total. The van der Waals surface area contributed by atoms with Crippen LogP contribution >= 0.6 is 0 Å². The number of phenols is 2. The SMILES string of the molecule is C#Cc1c(F)ccc2cc(O)cc(-c3ncc4c(N5CC6CC(O)C(C6)C5)nc(OCC56CCCC5N(C)CCC6)nc4c3F)c12.C#Cc1c(F)ccc2cc(O)cc(-c3ncc4c(N5CCOCCC5C)nc(OCC56CCCN5CC(F)C6)nc4c3F)c12. The summed E-state index contributed by atoms with van der Waals surface area (Å²) in [5.74, 6) is 3.07. The molecule has 4 aromatic heterocycles. The van der Waals surface area contributed by atoms with Crippen LogP contribution < -0.4 is 19.3 Å². The third-order valence-corrected chi connectivity index (χ3v) is 20.4. The maximum absolute atomic E-state index is 16.9. The first-order valence-corrected chi connectivity index (χ1v) is 31.2. The van der Waals surface area contributed by atoms with Crippen LogP contribution in [-0.4, -0.2) is 158 Å². The lowest BCUT2D eigenvalue weighted by molar-refractivity contribution is 0.0133. The average Bonchev–Trinajstić information content (AvgIpc) is 1.43. The lowest BCUT2D eigenvalue weighted by Gasteiger charge is -2.44. The van der Waals surface area contributed by atoms with Gasteiger partial charge in [0.25, 0.3) is 0 Å². The summed E-state index contributed by atoms with van der Waals surface area (Å²) in [6, 6.07) is 11.5. The van der Waals surface area contributed by atoms with Crippen LogP contribution in [0, 0.1) is 65.2 Å². The van der Waals surface area contributed by atoms with E-state index in [4.69, 9.17) is 37.0 Å². The van der Waals surface area contributed by atoms with Gasteiger partial charge in [0.05, 0.1) is 46.8 Å². The quantitative estimate of drug-likeness (QED) is 0.0869. The normalized spacial score (nSPS) is 25.9. The van der Waals surface area contributed by atoms with Gasteiger partial charge in [0.15, 0.2) is 11.6 Å². The van der Waals surface area contributed by atoms with Crippen molar-refractivity contribution in [3.63, 3.8) is 0 Å². The summed E-state index contributed by atoms with van der Waals surface area (Å²) in [6.45, 7) is 7.76. The molecule has 0 radical (unpaired) electrons. The van der Waals surface area contributed by atoms with Crippen molar-refractivity contribution in [1.29, 1.82) is 0 Å². The number of fused-ring (bicyclic) bond motifs is 8. The van der Waals surface area contributed by atoms with E-state index >= 15 is 8.78 Å². The third-order valence-electron chi connectivity index (χ3n) is 20.4. The third kappa shape index (κ3) is 10.4. The molecule has 2 aliphatic carbocycles. The number of anilines is 2. The first kappa shape index (κ1) is 59.4. The average molecular weight is 1230 g/mol. The molecule has 2 bridgehead atoms. The van der Waals surface area contributed by atoms with E-state index in [0.29, 0.717) is 97.6 Å². The summed E-state index contributed by atoms with van der Waals surface area (Å²) in [6.07, 6.45) is 23.1. The monoisotopic (exact) mass is 1230 g/mol. The number of piperidine rings is 2. The number of aliphatic hydroxyl groups is 1. The van der Waals surface area contributed by atoms with E-state index in [1.165, 1.54) is 60.9 Å². The number of hydrogen-bond acceptors (Lipinski definition) is 16. The Morgan fingerprint density at radius 2 is 1.31 bits per heavy atom.